The highest BCUT2D eigenvalue weighted by atomic mass is 16.5. The number of benzene rings is 2. The average molecular weight is 358 g/mol. The van der Waals surface area contributed by atoms with Gasteiger partial charge in [-0.05, 0) is 37.1 Å². The van der Waals surface area contributed by atoms with Crippen LogP contribution in [-0.4, -0.2) is 23.8 Å². The molecule has 0 aliphatic rings. The number of esters is 1. The maximum Gasteiger partial charge on any atom is 0.335 e. The molecule has 0 amide bonds. The lowest BCUT2D eigenvalue weighted by atomic mass is 10.1. The molecule has 0 radical (unpaired) electrons. The van der Waals surface area contributed by atoms with Crippen molar-refractivity contribution in [2.75, 3.05) is 6.61 Å². The normalized spacial score (nSPS) is 10.4. The van der Waals surface area contributed by atoms with E-state index < -0.39 is 12.1 Å². The number of aliphatic hydroxyl groups excluding tert-OH is 1. The summed E-state index contributed by atoms with van der Waals surface area (Å²) < 4.78 is 10.5. The Balaban J connectivity index is 0.00000146. The lowest BCUT2D eigenvalue weighted by Crippen LogP contribution is -2.25. The third-order valence-corrected chi connectivity index (χ3v) is 3.16. The van der Waals surface area contributed by atoms with E-state index in [2.05, 4.69) is 6.58 Å². The van der Waals surface area contributed by atoms with Gasteiger partial charge in [0.15, 0.2) is 6.10 Å². The Morgan fingerprint density at radius 3 is 2.23 bits per heavy atom. The van der Waals surface area contributed by atoms with Gasteiger partial charge >= 0.3 is 5.97 Å². The fourth-order valence-electron chi connectivity index (χ4n) is 2.01. The minimum Gasteiger partial charge on any atom is -0.489 e. The molecule has 1 unspecified atom stereocenters. The maximum absolute atomic E-state index is 11.4. The molecule has 142 valence electrons. The van der Waals surface area contributed by atoms with E-state index in [1.165, 1.54) is 0 Å². The van der Waals surface area contributed by atoms with Crippen LogP contribution in [0.5, 0.6) is 5.75 Å². The molecule has 4 heteroatoms. The van der Waals surface area contributed by atoms with Crippen LogP contribution < -0.4 is 4.74 Å². The van der Waals surface area contributed by atoms with Crippen LogP contribution in [0.3, 0.4) is 0 Å². The molecule has 0 bridgehead atoms. The van der Waals surface area contributed by atoms with Gasteiger partial charge in [0.1, 0.15) is 12.4 Å². The Labute approximate surface area is 157 Å². The number of ether oxygens (including phenoxy) is 2. The van der Waals surface area contributed by atoms with Crippen LogP contribution in [-0.2, 0) is 22.6 Å². The molecule has 4 nitrogen and oxygen atoms in total. The van der Waals surface area contributed by atoms with Crippen LogP contribution in [0.4, 0.5) is 0 Å². The second-order valence-electron chi connectivity index (χ2n) is 5.30. The summed E-state index contributed by atoms with van der Waals surface area (Å²) >= 11 is 0. The van der Waals surface area contributed by atoms with Crippen LogP contribution >= 0.6 is 0 Å². The average Bonchev–Trinajstić information content (AvgIpc) is 2.63. The van der Waals surface area contributed by atoms with E-state index in [4.69, 9.17) is 9.47 Å². The zero-order chi connectivity index (χ0) is 18.5. The number of rotatable bonds is 7. The zero-order valence-electron chi connectivity index (χ0n) is 14.9. The third kappa shape index (κ3) is 9.04. The first kappa shape index (κ1) is 23.4. The van der Waals surface area contributed by atoms with E-state index in [1.807, 2.05) is 61.5 Å². The van der Waals surface area contributed by atoms with Crippen LogP contribution in [0.15, 0.2) is 67.3 Å². The van der Waals surface area contributed by atoms with E-state index in [0.29, 0.717) is 6.61 Å². The highest BCUT2D eigenvalue weighted by Crippen LogP contribution is 2.15. The van der Waals surface area contributed by atoms with Crippen molar-refractivity contribution in [3.05, 3.63) is 78.4 Å². The third-order valence-electron chi connectivity index (χ3n) is 3.16. The highest BCUT2D eigenvalue weighted by molar-refractivity contribution is 5.74. The highest BCUT2D eigenvalue weighted by Gasteiger charge is 2.16. The lowest BCUT2D eigenvalue weighted by Gasteiger charge is -2.10. The first-order valence-corrected chi connectivity index (χ1v) is 8.28. The molecular formula is C22H30O4. The number of hydrogen-bond donors (Lipinski definition) is 1. The first-order chi connectivity index (χ1) is 12.1. The van der Waals surface area contributed by atoms with Crippen molar-refractivity contribution in [3.8, 4) is 5.75 Å². The van der Waals surface area contributed by atoms with Gasteiger partial charge in [-0.3, -0.25) is 0 Å². The summed E-state index contributed by atoms with van der Waals surface area (Å²) in [6.07, 6.45) is 0.855. The fraction of sp³-hybridized carbons (Fsp3) is 0.318. The molecule has 0 fully saturated rings. The molecular weight excluding hydrogens is 328 g/mol. The van der Waals surface area contributed by atoms with Crippen molar-refractivity contribution in [3.63, 3.8) is 0 Å². The van der Waals surface area contributed by atoms with Gasteiger partial charge in [0.05, 0.1) is 6.61 Å². The molecule has 0 aliphatic carbocycles. The molecule has 2 aromatic carbocycles. The van der Waals surface area contributed by atoms with Gasteiger partial charge in [-0.1, -0.05) is 56.0 Å². The molecule has 0 saturated carbocycles. The minimum atomic E-state index is -1.13. The number of carbonyl (C=O) groups is 1. The van der Waals surface area contributed by atoms with Crippen molar-refractivity contribution in [1.29, 1.82) is 0 Å². The van der Waals surface area contributed by atoms with Gasteiger partial charge in [-0.2, -0.15) is 0 Å². The van der Waals surface area contributed by atoms with E-state index >= 15 is 0 Å². The minimum absolute atomic E-state index is 0. The second kappa shape index (κ2) is 13.7. The molecule has 1 N–H and O–H groups in total. The van der Waals surface area contributed by atoms with Crippen molar-refractivity contribution >= 4 is 5.97 Å². The molecule has 0 heterocycles. The topological polar surface area (TPSA) is 55.8 Å². The van der Waals surface area contributed by atoms with Gasteiger partial charge in [-0.25, -0.2) is 4.79 Å². The van der Waals surface area contributed by atoms with Crippen molar-refractivity contribution in [1.82, 2.24) is 0 Å². The van der Waals surface area contributed by atoms with Crippen LogP contribution in [0.2, 0.25) is 0 Å². The Morgan fingerprint density at radius 2 is 1.69 bits per heavy atom. The molecule has 0 aromatic heterocycles. The molecule has 1 atom stereocenters. The summed E-state index contributed by atoms with van der Waals surface area (Å²) in [5.41, 5.74) is 1.96. The summed E-state index contributed by atoms with van der Waals surface area (Å²) in [4.78, 5) is 11.4. The monoisotopic (exact) mass is 358 g/mol. The van der Waals surface area contributed by atoms with Crippen molar-refractivity contribution < 1.29 is 19.4 Å². The van der Waals surface area contributed by atoms with Crippen molar-refractivity contribution in [2.45, 2.75) is 40.4 Å². The standard InChI is InChI=1S/C18H20O4.C3H6.CH4/c1-2-21-18(20)17(19)12-14-8-10-16(11-9-14)22-13-15-6-4-3-5-7-15;1-3-2;/h3-11,17,19H,2,12-13H2,1H3;3H,1H2,2H3;1H4. The molecule has 0 saturated heterocycles. The predicted octanol–water partition coefficient (Wildman–Crippen LogP) is 4.56. The summed E-state index contributed by atoms with van der Waals surface area (Å²) in [5, 5.41) is 9.72. The number of hydrogen-bond acceptors (Lipinski definition) is 4. The maximum atomic E-state index is 11.4. The smallest absolute Gasteiger partial charge is 0.335 e. The summed E-state index contributed by atoms with van der Waals surface area (Å²) in [5.74, 6) is 0.158. The molecule has 26 heavy (non-hydrogen) atoms. The van der Waals surface area contributed by atoms with Crippen molar-refractivity contribution in [2.24, 2.45) is 0 Å². The fourth-order valence-corrected chi connectivity index (χ4v) is 2.01. The quantitative estimate of drug-likeness (QED) is 0.582. The van der Waals surface area contributed by atoms with Gasteiger partial charge in [-0.15, -0.1) is 6.58 Å². The SMILES string of the molecule is C.C=CC.CCOC(=O)C(O)Cc1ccc(OCc2ccccc2)cc1. The Bertz CT molecular complexity index is 620. The number of aliphatic hydroxyl groups is 1. The largest absolute Gasteiger partial charge is 0.489 e. The lowest BCUT2D eigenvalue weighted by molar-refractivity contribution is -0.152. The van der Waals surface area contributed by atoms with Gasteiger partial charge in [0.2, 0.25) is 0 Å². The molecule has 2 rings (SSSR count). The summed E-state index contributed by atoms with van der Waals surface area (Å²) in [6.45, 7) is 7.73. The predicted molar refractivity (Wildman–Crippen MR) is 106 cm³/mol. The van der Waals surface area contributed by atoms with Crippen LogP contribution in [0, 0.1) is 0 Å². The van der Waals surface area contributed by atoms with Crippen LogP contribution in [0.1, 0.15) is 32.4 Å². The first-order valence-electron chi connectivity index (χ1n) is 8.28. The second-order valence-corrected chi connectivity index (χ2v) is 5.30. The Kier molecular flexibility index (Phi) is 12.3. The van der Waals surface area contributed by atoms with Gasteiger partial charge in [0, 0.05) is 6.42 Å². The van der Waals surface area contributed by atoms with E-state index in [-0.39, 0.29) is 20.5 Å². The Hall–Kier alpha value is -2.59. The molecule has 0 aliphatic heterocycles. The number of carbonyl (C=O) groups excluding carboxylic acids is 1. The summed E-state index contributed by atoms with van der Waals surface area (Å²) in [7, 11) is 0. The zero-order valence-corrected chi connectivity index (χ0v) is 14.9. The Morgan fingerprint density at radius 1 is 1.12 bits per heavy atom. The number of allylic oxidation sites excluding steroid dienone is 1. The van der Waals surface area contributed by atoms with Gasteiger partial charge < -0.3 is 14.6 Å². The molecule has 2 aromatic rings. The van der Waals surface area contributed by atoms with E-state index in [9.17, 15) is 9.90 Å². The van der Waals surface area contributed by atoms with Gasteiger partial charge in [0.25, 0.3) is 0 Å². The van der Waals surface area contributed by atoms with E-state index in [0.717, 1.165) is 16.9 Å². The summed E-state index contributed by atoms with van der Waals surface area (Å²) in [6, 6.07) is 17.2. The van der Waals surface area contributed by atoms with Crippen LogP contribution in [0.25, 0.3) is 0 Å². The van der Waals surface area contributed by atoms with E-state index in [1.54, 1.807) is 13.0 Å². The molecule has 0 spiro atoms.